The first-order valence-corrected chi connectivity index (χ1v) is 6.85. The van der Waals surface area contributed by atoms with Crippen LogP contribution in [0.3, 0.4) is 0 Å². The summed E-state index contributed by atoms with van der Waals surface area (Å²) in [7, 11) is 1.55. The molecule has 0 saturated carbocycles. The molecule has 0 aliphatic rings. The minimum absolute atomic E-state index is 0.0873. The van der Waals surface area contributed by atoms with Crippen molar-refractivity contribution in [2.24, 2.45) is 0 Å². The second-order valence-corrected chi connectivity index (χ2v) is 5.81. The van der Waals surface area contributed by atoms with E-state index in [1.165, 1.54) is 4.90 Å². The molecule has 1 unspecified atom stereocenters. The molecule has 1 N–H and O–H groups in total. The van der Waals surface area contributed by atoms with Gasteiger partial charge in [0.15, 0.2) is 0 Å². The molecule has 6 nitrogen and oxygen atoms in total. The molecule has 0 aliphatic carbocycles. The van der Waals surface area contributed by atoms with Gasteiger partial charge in [-0.05, 0) is 27.2 Å². The average Bonchev–Trinajstić information content (AvgIpc) is 2.26. The monoisotopic (exact) mass is 286 g/mol. The van der Waals surface area contributed by atoms with Gasteiger partial charge >= 0.3 is 5.97 Å². The second-order valence-electron chi connectivity index (χ2n) is 5.81. The Kier molecular flexibility index (Phi) is 7.87. The Labute approximate surface area is 120 Å². The third kappa shape index (κ3) is 8.50. The molecule has 0 rings (SSSR count). The Bertz CT molecular complexity index is 337. The number of likely N-dealkylation sites (N-methyl/N-ethyl adjacent to an activating group) is 1. The van der Waals surface area contributed by atoms with E-state index in [0.29, 0.717) is 6.41 Å². The third-order valence-electron chi connectivity index (χ3n) is 2.57. The molecule has 0 aromatic rings. The molecule has 0 aromatic carbocycles. The summed E-state index contributed by atoms with van der Waals surface area (Å²) in [5.74, 6) is -0.632. The van der Waals surface area contributed by atoms with Crippen LogP contribution in [-0.4, -0.2) is 48.4 Å². The van der Waals surface area contributed by atoms with Gasteiger partial charge in [-0.2, -0.15) is 0 Å². The van der Waals surface area contributed by atoms with Gasteiger partial charge in [-0.15, -0.1) is 0 Å². The van der Waals surface area contributed by atoms with Crippen LogP contribution in [0.15, 0.2) is 0 Å². The van der Waals surface area contributed by atoms with E-state index in [-0.39, 0.29) is 24.9 Å². The minimum atomic E-state index is -0.565. The van der Waals surface area contributed by atoms with Crippen LogP contribution in [0.4, 0.5) is 0 Å². The van der Waals surface area contributed by atoms with Crippen LogP contribution in [0, 0.1) is 0 Å². The molecule has 20 heavy (non-hydrogen) atoms. The molecule has 116 valence electrons. The molecule has 0 heterocycles. The fourth-order valence-corrected chi connectivity index (χ4v) is 1.71. The van der Waals surface area contributed by atoms with Crippen LogP contribution in [0.25, 0.3) is 0 Å². The van der Waals surface area contributed by atoms with Crippen LogP contribution < -0.4 is 5.32 Å². The van der Waals surface area contributed by atoms with Gasteiger partial charge in [-0.3, -0.25) is 14.4 Å². The lowest BCUT2D eigenvalue weighted by Crippen LogP contribution is -2.39. The van der Waals surface area contributed by atoms with Crippen LogP contribution >= 0.6 is 0 Å². The summed E-state index contributed by atoms with van der Waals surface area (Å²) < 4.78 is 5.15. The zero-order chi connectivity index (χ0) is 15.8. The number of amides is 2. The first-order chi connectivity index (χ1) is 9.19. The van der Waals surface area contributed by atoms with E-state index in [0.717, 1.165) is 12.8 Å². The second kappa shape index (κ2) is 8.55. The van der Waals surface area contributed by atoms with E-state index < -0.39 is 11.6 Å². The van der Waals surface area contributed by atoms with Crippen molar-refractivity contribution in [3.63, 3.8) is 0 Å². The molecule has 0 spiro atoms. The van der Waals surface area contributed by atoms with E-state index in [1.807, 2.05) is 6.92 Å². The van der Waals surface area contributed by atoms with Gasteiger partial charge in [0.05, 0.1) is 0 Å². The minimum Gasteiger partial charge on any atom is -0.459 e. The smallest absolute Gasteiger partial charge is 0.326 e. The number of hydrogen-bond donors (Lipinski definition) is 1. The highest BCUT2D eigenvalue weighted by Gasteiger charge is 2.21. The number of ether oxygens (including phenoxy) is 1. The molecule has 6 heteroatoms. The van der Waals surface area contributed by atoms with E-state index in [2.05, 4.69) is 5.32 Å². The predicted octanol–water partition coefficient (Wildman–Crippen LogP) is 1.09. The van der Waals surface area contributed by atoms with Crippen molar-refractivity contribution in [1.82, 2.24) is 10.2 Å². The molecule has 2 amide bonds. The van der Waals surface area contributed by atoms with Crippen LogP contribution in [0.5, 0.6) is 0 Å². The Morgan fingerprint density at radius 2 is 1.95 bits per heavy atom. The van der Waals surface area contributed by atoms with Crippen molar-refractivity contribution in [1.29, 1.82) is 0 Å². The lowest BCUT2D eigenvalue weighted by atomic mass is 10.1. The standard InChI is InChI=1S/C14H26N2O4/c1-6-7-11(15-10-17)8-12(18)16(5)9-13(19)20-14(2,3)4/h10-11H,6-9H2,1-5H3,(H,15,17). The zero-order valence-corrected chi connectivity index (χ0v) is 13.1. The van der Waals surface area contributed by atoms with Gasteiger partial charge in [-0.1, -0.05) is 13.3 Å². The fraction of sp³-hybridized carbons (Fsp3) is 0.786. The van der Waals surface area contributed by atoms with E-state index >= 15 is 0 Å². The highest BCUT2D eigenvalue weighted by molar-refractivity contribution is 5.82. The number of nitrogens with one attached hydrogen (secondary N) is 1. The maximum Gasteiger partial charge on any atom is 0.326 e. The summed E-state index contributed by atoms with van der Waals surface area (Å²) in [6.45, 7) is 7.22. The first kappa shape index (κ1) is 18.4. The molecule has 0 saturated heterocycles. The molecule has 0 radical (unpaired) electrons. The molecular weight excluding hydrogens is 260 g/mol. The van der Waals surface area contributed by atoms with Gasteiger partial charge in [0.25, 0.3) is 0 Å². The summed E-state index contributed by atoms with van der Waals surface area (Å²) in [5, 5.41) is 2.62. The summed E-state index contributed by atoms with van der Waals surface area (Å²) in [6.07, 6.45) is 2.38. The quantitative estimate of drug-likeness (QED) is 0.535. The van der Waals surface area contributed by atoms with E-state index in [1.54, 1.807) is 27.8 Å². The van der Waals surface area contributed by atoms with Crippen molar-refractivity contribution in [3.05, 3.63) is 0 Å². The normalized spacial score (nSPS) is 12.4. The van der Waals surface area contributed by atoms with Gasteiger partial charge in [0.2, 0.25) is 12.3 Å². The Morgan fingerprint density at radius 1 is 1.35 bits per heavy atom. The maximum atomic E-state index is 12.0. The van der Waals surface area contributed by atoms with Crippen LogP contribution in [0.2, 0.25) is 0 Å². The molecule has 1 atom stereocenters. The number of carbonyl (C=O) groups excluding carboxylic acids is 3. The number of nitrogens with zero attached hydrogens (tertiary/aromatic N) is 1. The molecule has 0 aromatic heterocycles. The van der Waals surface area contributed by atoms with Crippen molar-refractivity contribution < 1.29 is 19.1 Å². The van der Waals surface area contributed by atoms with Crippen LogP contribution in [0.1, 0.15) is 47.0 Å². The summed E-state index contributed by atoms with van der Waals surface area (Å²) in [5.41, 5.74) is -0.565. The van der Waals surface area contributed by atoms with Crippen LogP contribution in [-0.2, 0) is 19.1 Å². The van der Waals surface area contributed by atoms with Gasteiger partial charge in [0, 0.05) is 19.5 Å². The third-order valence-corrected chi connectivity index (χ3v) is 2.57. The fourth-order valence-electron chi connectivity index (χ4n) is 1.71. The molecule has 0 aliphatic heterocycles. The van der Waals surface area contributed by atoms with Crippen molar-refractivity contribution in [3.8, 4) is 0 Å². The van der Waals surface area contributed by atoms with Crippen molar-refractivity contribution in [2.45, 2.75) is 58.6 Å². The number of hydrogen-bond acceptors (Lipinski definition) is 4. The number of esters is 1. The van der Waals surface area contributed by atoms with Gasteiger partial charge in [0.1, 0.15) is 12.1 Å². The summed E-state index contributed by atoms with van der Waals surface area (Å²) >= 11 is 0. The molecule has 0 fully saturated rings. The summed E-state index contributed by atoms with van der Waals surface area (Å²) in [6, 6.07) is -0.189. The highest BCUT2D eigenvalue weighted by atomic mass is 16.6. The van der Waals surface area contributed by atoms with Gasteiger partial charge in [-0.25, -0.2) is 0 Å². The topological polar surface area (TPSA) is 75.7 Å². The average molecular weight is 286 g/mol. The number of rotatable bonds is 8. The lowest BCUT2D eigenvalue weighted by Gasteiger charge is -2.23. The Hall–Kier alpha value is -1.59. The van der Waals surface area contributed by atoms with Crippen molar-refractivity contribution in [2.75, 3.05) is 13.6 Å². The largest absolute Gasteiger partial charge is 0.459 e. The highest BCUT2D eigenvalue weighted by Crippen LogP contribution is 2.08. The zero-order valence-electron chi connectivity index (χ0n) is 13.1. The first-order valence-electron chi connectivity index (χ1n) is 6.85. The lowest BCUT2D eigenvalue weighted by molar-refractivity contribution is -0.158. The molecular formula is C14H26N2O4. The summed E-state index contributed by atoms with van der Waals surface area (Å²) in [4.78, 5) is 35.4. The predicted molar refractivity (Wildman–Crippen MR) is 76.0 cm³/mol. The van der Waals surface area contributed by atoms with Crippen molar-refractivity contribution >= 4 is 18.3 Å². The van der Waals surface area contributed by atoms with E-state index in [9.17, 15) is 14.4 Å². The maximum absolute atomic E-state index is 12.0. The van der Waals surface area contributed by atoms with E-state index in [4.69, 9.17) is 4.74 Å². The SMILES string of the molecule is CCCC(CC(=O)N(C)CC(=O)OC(C)(C)C)NC=O. The Morgan fingerprint density at radius 3 is 2.40 bits per heavy atom. The van der Waals surface area contributed by atoms with Gasteiger partial charge < -0.3 is 15.0 Å². The Balaban J connectivity index is 4.32. The number of carbonyl (C=O) groups is 3. The molecule has 0 bridgehead atoms.